The van der Waals surface area contributed by atoms with Gasteiger partial charge in [-0.2, -0.15) is 11.3 Å². The minimum absolute atomic E-state index is 1.05. The first-order valence-corrected chi connectivity index (χ1v) is 8.24. The van der Waals surface area contributed by atoms with Gasteiger partial charge in [0.25, 0.3) is 0 Å². The lowest BCUT2D eigenvalue weighted by atomic mass is 10.7. The Morgan fingerprint density at radius 1 is 1.25 bits per heavy atom. The van der Waals surface area contributed by atoms with Gasteiger partial charge in [-0.15, -0.1) is 0 Å². The largest absolute Gasteiger partial charge is 0.153 e. The van der Waals surface area contributed by atoms with Crippen LogP contribution in [0.25, 0.3) is 0 Å². The van der Waals surface area contributed by atoms with Gasteiger partial charge in [0.1, 0.15) is 0 Å². The van der Waals surface area contributed by atoms with Gasteiger partial charge >= 0.3 is 0 Å². The highest BCUT2D eigenvalue weighted by Gasteiger charge is 2.29. The van der Waals surface area contributed by atoms with Crippen LogP contribution in [-0.4, -0.2) is 8.07 Å². The van der Waals surface area contributed by atoms with E-state index >= 15 is 0 Å². The molecule has 2 heteroatoms. The zero-order valence-corrected chi connectivity index (χ0v) is 10.0. The average molecular weight is 197 g/mol. The van der Waals surface area contributed by atoms with Gasteiger partial charge in [0, 0.05) is 0 Å². The van der Waals surface area contributed by atoms with E-state index in [0.717, 1.165) is 0 Å². The van der Waals surface area contributed by atoms with Gasteiger partial charge in [0.2, 0.25) is 0 Å². The molecule has 67 valence electrons. The summed E-state index contributed by atoms with van der Waals surface area (Å²) in [5, 5.41) is 2.10. The van der Waals surface area contributed by atoms with Crippen molar-refractivity contribution in [3.63, 3.8) is 0 Å². The van der Waals surface area contributed by atoms with Crippen molar-refractivity contribution in [2.24, 2.45) is 0 Å². The van der Waals surface area contributed by atoms with E-state index in [2.05, 4.69) is 38.3 Å². The minimum Gasteiger partial charge on any atom is -0.153 e. The highest BCUT2D eigenvalue weighted by atomic mass is 32.1. The molecule has 0 unspecified atom stereocenters. The molecule has 0 N–H and O–H groups in total. The van der Waals surface area contributed by atoms with Gasteiger partial charge in [-0.05, 0) is 22.0 Å². The second-order valence-electron chi connectivity index (χ2n) is 3.25. The quantitative estimate of drug-likeness (QED) is 0.650. The standard InChI is InChI=1S/C10H17SSi/c1-4-12(5-2,6-3)10-8-7-9-11-10/h8-9H,4-6H2,1-3H3. The van der Waals surface area contributed by atoms with Crippen LogP contribution < -0.4 is 4.50 Å². The van der Waals surface area contributed by atoms with Crippen LogP contribution in [0, 0.1) is 6.07 Å². The van der Waals surface area contributed by atoms with Crippen molar-refractivity contribution < 1.29 is 0 Å². The summed E-state index contributed by atoms with van der Waals surface area (Å²) in [4.78, 5) is 0. The maximum Gasteiger partial charge on any atom is 0.0987 e. The molecule has 0 amide bonds. The summed E-state index contributed by atoms with van der Waals surface area (Å²) in [6, 6.07) is 9.56. The molecule has 0 saturated heterocycles. The molecule has 0 aliphatic rings. The van der Waals surface area contributed by atoms with E-state index in [9.17, 15) is 0 Å². The summed E-state index contributed by atoms with van der Waals surface area (Å²) < 4.78 is 1.65. The highest BCUT2D eigenvalue weighted by Crippen LogP contribution is 2.21. The number of thiophene rings is 1. The van der Waals surface area contributed by atoms with Crippen molar-refractivity contribution in [3.8, 4) is 0 Å². The first kappa shape index (κ1) is 10.0. The van der Waals surface area contributed by atoms with Gasteiger partial charge in [0.15, 0.2) is 0 Å². The summed E-state index contributed by atoms with van der Waals surface area (Å²) >= 11 is 1.91. The van der Waals surface area contributed by atoms with Crippen molar-refractivity contribution in [2.45, 2.75) is 38.9 Å². The van der Waals surface area contributed by atoms with E-state index in [1.54, 1.807) is 4.50 Å². The molecular weight excluding hydrogens is 180 g/mol. The molecule has 0 aromatic carbocycles. The Morgan fingerprint density at radius 3 is 2.17 bits per heavy atom. The summed E-state index contributed by atoms with van der Waals surface area (Å²) in [6.45, 7) is 7.04. The summed E-state index contributed by atoms with van der Waals surface area (Å²) in [7, 11) is -1.05. The van der Waals surface area contributed by atoms with E-state index in [0.29, 0.717) is 0 Å². The molecule has 1 aromatic heterocycles. The second kappa shape index (κ2) is 4.24. The Balaban J connectivity index is 2.93. The molecule has 12 heavy (non-hydrogen) atoms. The van der Waals surface area contributed by atoms with Crippen LogP contribution in [0.1, 0.15) is 20.8 Å². The lowest BCUT2D eigenvalue weighted by Crippen LogP contribution is -2.43. The van der Waals surface area contributed by atoms with Crippen LogP contribution in [0.15, 0.2) is 11.4 Å². The second-order valence-corrected chi connectivity index (χ2v) is 9.75. The van der Waals surface area contributed by atoms with E-state index in [-0.39, 0.29) is 0 Å². The van der Waals surface area contributed by atoms with Crippen LogP contribution in [0.2, 0.25) is 18.1 Å². The lowest BCUT2D eigenvalue weighted by molar-refractivity contribution is 1.20. The van der Waals surface area contributed by atoms with Crippen molar-refractivity contribution >= 4 is 23.9 Å². The Bertz CT molecular complexity index is 203. The molecule has 0 spiro atoms. The molecule has 0 aliphatic heterocycles. The Kier molecular flexibility index (Phi) is 3.53. The van der Waals surface area contributed by atoms with Gasteiger partial charge in [-0.25, -0.2) is 0 Å². The van der Waals surface area contributed by atoms with Crippen LogP contribution in [0.5, 0.6) is 0 Å². The fraction of sp³-hybridized carbons (Fsp3) is 0.600. The molecule has 1 heterocycles. The van der Waals surface area contributed by atoms with Gasteiger partial charge in [-0.1, -0.05) is 38.9 Å². The lowest BCUT2D eigenvalue weighted by Gasteiger charge is -2.26. The molecule has 1 radical (unpaired) electrons. The van der Waals surface area contributed by atoms with E-state index in [1.165, 1.54) is 18.1 Å². The summed E-state index contributed by atoms with van der Waals surface area (Å²) in [5.74, 6) is 0. The minimum atomic E-state index is -1.05. The first-order valence-electron chi connectivity index (χ1n) is 4.74. The molecule has 1 aromatic rings. The summed E-state index contributed by atoms with van der Waals surface area (Å²) in [6.07, 6.45) is 0. The molecular formula is C10H17SSi. The SMILES string of the molecule is CC[Si](CC)(CC)c1c[c]cs1. The predicted molar refractivity (Wildman–Crippen MR) is 60.0 cm³/mol. The van der Waals surface area contributed by atoms with Gasteiger partial charge in [0.05, 0.1) is 8.07 Å². The molecule has 0 fully saturated rings. The van der Waals surface area contributed by atoms with Gasteiger partial charge in [-0.3, -0.25) is 0 Å². The highest BCUT2D eigenvalue weighted by molar-refractivity contribution is 7.25. The zero-order chi connectivity index (χ0) is 9.03. The number of hydrogen-bond donors (Lipinski definition) is 0. The fourth-order valence-electron chi connectivity index (χ4n) is 1.79. The fourth-order valence-corrected chi connectivity index (χ4v) is 7.60. The van der Waals surface area contributed by atoms with Gasteiger partial charge < -0.3 is 0 Å². The number of rotatable bonds is 4. The maximum atomic E-state index is 3.19. The van der Waals surface area contributed by atoms with Crippen LogP contribution >= 0.6 is 11.3 Å². The maximum absolute atomic E-state index is 3.19. The predicted octanol–water partition coefficient (Wildman–Crippen LogP) is 3.26. The Labute approximate surface area is 80.6 Å². The zero-order valence-electron chi connectivity index (χ0n) is 8.18. The third-order valence-electron chi connectivity index (χ3n) is 3.02. The van der Waals surface area contributed by atoms with E-state index in [1.807, 2.05) is 11.3 Å². The Morgan fingerprint density at radius 2 is 1.83 bits per heavy atom. The van der Waals surface area contributed by atoms with Crippen molar-refractivity contribution in [1.82, 2.24) is 0 Å². The third-order valence-corrected chi connectivity index (χ3v) is 10.6. The molecule has 1 rings (SSSR count). The van der Waals surface area contributed by atoms with E-state index in [4.69, 9.17) is 0 Å². The van der Waals surface area contributed by atoms with Crippen LogP contribution in [0.4, 0.5) is 0 Å². The smallest absolute Gasteiger partial charge is 0.0987 e. The third kappa shape index (κ3) is 1.64. The first-order chi connectivity index (χ1) is 5.79. The van der Waals surface area contributed by atoms with Crippen molar-refractivity contribution in [2.75, 3.05) is 0 Å². The van der Waals surface area contributed by atoms with E-state index < -0.39 is 8.07 Å². The topological polar surface area (TPSA) is 0 Å². The molecule has 0 atom stereocenters. The molecule has 0 bridgehead atoms. The van der Waals surface area contributed by atoms with Crippen molar-refractivity contribution in [1.29, 1.82) is 0 Å². The molecule has 0 nitrogen and oxygen atoms in total. The molecule has 0 saturated carbocycles. The van der Waals surface area contributed by atoms with Crippen molar-refractivity contribution in [3.05, 3.63) is 17.5 Å². The molecule has 0 aliphatic carbocycles. The van der Waals surface area contributed by atoms with Crippen LogP contribution in [0.3, 0.4) is 0 Å². The van der Waals surface area contributed by atoms with Crippen LogP contribution in [-0.2, 0) is 0 Å². The summed E-state index contributed by atoms with van der Waals surface area (Å²) in [5.41, 5.74) is 0. The Hall–Kier alpha value is -0.0831. The monoisotopic (exact) mass is 197 g/mol. The number of hydrogen-bond acceptors (Lipinski definition) is 1. The normalized spacial score (nSPS) is 11.9. The average Bonchev–Trinajstić information content (AvgIpc) is 2.62.